The molecule has 6 rings (SSSR count). The molecule has 3 aliphatic rings. The molecule has 1 aromatic carbocycles. The second-order valence-electron chi connectivity index (χ2n) is 10.5. The fraction of sp³-hybridized carbons (Fsp3) is 0.481. The molecule has 3 aromatic rings. The van der Waals surface area contributed by atoms with Crippen LogP contribution in [0.4, 0.5) is 26.2 Å². The van der Waals surface area contributed by atoms with Crippen molar-refractivity contribution in [3.8, 4) is 5.75 Å². The molecule has 0 amide bonds. The quantitative estimate of drug-likeness (QED) is 0.449. The van der Waals surface area contributed by atoms with Gasteiger partial charge in [-0.2, -0.15) is 4.94 Å². The van der Waals surface area contributed by atoms with Crippen LogP contribution in [0.3, 0.4) is 0 Å². The molecule has 1 N–H and O–H groups in total. The van der Waals surface area contributed by atoms with E-state index in [1.165, 1.54) is 6.20 Å². The second-order valence-corrected chi connectivity index (χ2v) is 10.5. The van der Waals surface area contributed by atoms with E-state index in [9.17, 15) is 19.2 Å². The number of halogens is 2. The third kappa shape index (κ3) is 5.01. The predicted molar refractivity (Wildman–Crippen MR) is 148 cm³/mol. The van der Waals surface area contributed by atoms with Gasteiger partial charge in [-0.1, -0.05) is 0 Å². The summed E-state index contributed by atoms with van der Waals surface area (Å²) in [6, 6.07) is 0.913. The van der Waals surface area contributed by atoms with Crippen LogP contribution >= 0.6 is 0 Å². The van der Waals surface area contributed by atoms with E-state index in [0.29, 0.717) is 44.2 Å². The van der Waals surface area contributed by atoms with Gasteiger partial charge >= 0.3 is 5.97 Å². The molecule has 0 aliphatic carbocycles. The van der Waals surface area contributed by atoms with Crippen molar-refractivity contribution in [2.24, 2.45) is 0 Å². The van der Waals surface area contributed by atoms with E-state index in [2.05, 4.69) is 29.6 Å². The summed E-state index contributed by atoms with van der Waals surface area (Å²) in [6.45, 7) is 7.94. The lowest BCUT2D eigenvalue weighted by molar-refractivity contribution is -0.136. The highest BCUT2D eigenvalue weighted by molar-refractivity contribution is 5.97. The lowest BCUT2D eigenvalue weighted by Gasteiger charge is -2.39. The number of benzene rings is 1. The van der Waals surface area contributed by atoms with E-state index in [1.807, 2.05) is 11.8 Å². The number of piperazine rings is 2. The fourth-order valence-corrected chi connectivity index (χ4v) is 5.82. The van der Waals surface area contributed by atoms with Crippen LogP contribution in [0.1, 0.15) is 23.3 Å². The van der Waals surface area contributed by atoms with Gasteiger partial charge in [-0.15, -0.1) is 0 Å². The van der Waals surface area contributed by atoms with Crippen LogP contribution in [0, 0.1) is 5.82 Å². The Morgan fingerprint density at radius 3 is 2.39 bits per heavy atom. The molecular weight excluding hydrogens is 540 g/mol. The zero-order chi connectivity index (χ0) is 28.7. The van der Waals surface area contributed by atoms with Gasteiger partial charge < -0.3 is 29.1 Å². The molecule has 3 aliphatic heterocycles. The number of pyridine rings is 1. The summed E-state index contributed by atoms with van der Waals surface area (Å²) in [7, 11) is 0. The number of anilines is 3. The van der Waals surface area contributed by atoms with Crippen molar-refractivity contribution >= 4 is 34.2 Å². The molecule has 5 heterocycles. The average molecular weight is 572 g/mol. The maximum atomic E-state index is 15.6. The first kappa shape index (κ1) is 27.1. The number of ether oxygens (including phenoxy) is 1. The molecule has 0 unspecified atom stereocenters. The maximum absolute atomic E-state index is 15.6. The Balaban J connectivity index is 1.17. The number of rotatable bonds is 7. The third-order valence-electron chi connectivity index (χ3n) is 8.10. The van der Waals surface area contributed by atoms with Crippen molar-refractivity contribution < 1.29 is 28.5 Å². The van der Waals surface area contributed by atoms with Gasteiger partial charge in [-0.25, -0.2) is 19.2 Å². The first-order chi connectivity index (χ1) is 19.9. The minimum Gasteiger partial charge on any atom is -0.487 e. The zero-order valence-electron chi connectivity index (χ0n) is 22.6. The molecule has 12 nitrogen and oxygen atoms in total. The van der Waals surface area contributed by atoms with Crippen molar-refractivity contribution in [1.29, 1.82) is 0 Å². The maximum Gasteiger partial charge on any atom is 0.341 e. The van der Waals surface area contributed by atoms with Crippen LogP contribution in [0.2, 0.25) is 0 Å². The van der Waals surface area contributed by atoms with Crippen LogP contribution < -0.4 is 24.9 Å². The van der Waals surface area contributed by atoms with Gasteiger partial charge in [-0.05, 0) is 17.5 Å². The number of carbonyl (C=O) groups is 1. The van der Waals surface area contributed by atoms with Crippen molar-refractivity contribution in [3.63, 3.8) is 0 Å². The monoisotopic (exact) mass is 571 g/mol. The molecule has 218 valence electrons. The molecule has 0 saturated carbocycles. The summed E-state index contributed by atoms with van der Waals surface area (Å²) in [5.74, 6) is -1.05. The van der Waals surface area contributed by atoms with Crippen LogP contribution in [-0.2, 0) is 4.94 Å². The van der Waals surface area contributed by atoms with E-state index < -0.39 is 22.8 Å². The van der Waals surface area contributed by atoms with Gasteiger partial charge in [-0.3, -0.25) is 9.69 Å². The summed E-state index contributed by atoms with van der Waals surface area (Å²) < 4.78 is 35.2. The van der Waals surface area contributed by atoms with Gasteiger partial charge in [0.2, 0.25) is 11.4 Å². The predicted octanol–water partition coefficient (Wildman–Crippen LogP) is 1.93. The molecule has 2 fully saturated rings. The van der Waals surface area contributed by atoms with Crippen LogP contribution in [-0.4, -0.2) is 103 Å². The molecule has 2 aromatic heterocycles. The van der Waals surface area contributed by atoms with Crippen molar-refractivity contribution in [2.45, 2.75) is 13.0 Å². The molecule has 41 heavy (non-hydrogen) atoms. The van der Waals surface area contributed by atoms with E-state index in [1.54, 1.807) is 17.0 Å². The number of aromatic nitrogens is 3. The van der Waals surface area contributed by atoms with Crippen LogP contribution in [0.15, 0.2) is 29.5 Å². The Kier molecular flexibility index (Phi) is 7.34. The van der Waals surface area contributed by atoms with Gasteiger partial charge in [0.15, 0.2) is 11.6 Å². The van der Waals surface area contributed by atoms with E-state index in [4.69, 9.17) is 4.74 Å². The molecule has 0 bridgehead atoms. The molecule has 2 saturated heterocycles. The highest BCUT2D eigenvalue weighted by Crippen LogP contribution is 2.42. The Morgan fingerprint density at radius 1 is 1.07 bits per heavy atom. The van der Waals surface area contributed by atoms with Crippen molar-refractivity contribution in [3.05, 3.63) is 46.3 Å². The Morgan fingerprint density at radius 2 is 1.73 bits per heavy atom. The third-order valence-corrected chi connectivity index (χ3v) is 8.10. The van der Waals surface area contributed by atoms with Gasteiger partial charge in [0.1, 0.15) is 24.5 Å². The van der Waals surface area contributed by atoms with Crippen molar-refractivity contribution in [1.82, 2.24) is 19.4 Å². The van der Waals surface area contributed by atoms with E-state index in [0.717, 1.165) is 37.9 Å². The van der Waals surface area contributed by atoms with Crippen LogP contribution in [0.25, 0.3) is 10.9 Å². The number of hydrogen-bond donors (Lipinski definition) is 1. The van der Waals surface area contributed by atoms with Gasteiger partial charge in [0, 0.05) is 65.1 Å². The summed E-state index contributed by atoms with van der Waals surface area (Å²) in [6.07, 6.45) is 4.92. The minimum atomic E-state index is -1.35. The summed E-state index contributed by atoms with van der Waals surface area (Å²) in [5.41, 5.74) is 0.446. The molecular formula is C27H31F2N7O5. The first-order valence-electron chi connectivity index (χ1n) is 13.7. The van der Waals surface area contributed by atoms with Gasteiger partial charge in [0.25, 0.3) is 0 Å². The summed E-state index contributed by atoms with van der Waals surface area (Å²) in [5, 5.41) is 9.50. The molecule has 0 spiro atoms. The number of nitrogens with zero attached hydrogens (tertiary/aromatic N) is 7. The number of aromatic carboxylic acids is 1. The van der Waals surface area contributed by atoms with Crippen molar-refractivity contribution in [2.75, 3.05) is 86.8 Å². The fourth-order valence-electron chi connectivity index (χ4n) is 5.82. The summed E-state index contributed by atoms with van der Waals surface area (Å²) in [4.78, 5) is 45.6. The standard InChI is InChI=1S/C27H31F2N7O5/c1-17-16-40-25-22-19(24(37)20(26(38)39)15-36(17)22)12-21(28)23(25)34-8-6-33(7-9-34)18-13-30-27(31-14-18)35-4-2-32(3-5-35)10-11-41-29/h12-15,17H,2-11,16H2,1H3,(H,38,39)/t17-/m0/s1. The molecule has 0 radical (unpaired) electrons. The Hall–Kier alpha value is -4.04. The average Bonchev–Trinajstić information content (AvgIpc) is 2.99. The Bertz CT molecular complexity index is 1500. The summed E-state index contributed by atoms with van der Waals surface area (Å²) >= 11 is 0. The zero-order valence-corrected chi connectivity index (χ0v) is 22.6. The Labute approximate surface area is 234 Å². The first-order valence-corrected chi connectivity index (χ1v) is 13.7. The normalized spacial score (nSPS) is 19.5. The second kappa shape index (κ2) is 11.1. The van der Waals surface area contributed by atoms with Gasteiger partial charge in [0.05, 0.1) is 35.0 Å². The SMILES string of the molecule is C[C@H]1COc2c(N3CCN(c4cnc(N5CCN(CCOF)CC5)nc4)CC3)c(F)cc3c(=O)c(C(=O)O)cn1c23. The number of carboxylic acid groups (broad SMARTS) is 1. The highest BCUT2D eigenvalue weighted by Gasteiger charge is 2.31. The van der Waals surface area contributed by atoms with Crippen LogP contribution in [0.5, 0.6) is 5.75 Å². The van der Waals surface area contributed by atoms with E-state index >= 15 is 4.39 Å². The molecule has 1 atom stereocenters. The smallest absolute Gasteiger partial charge is 0.341 e. The lowest BCUT2D eigenvalue weighted by atomic mass is 10.1. The van der Waals surface area contributed by atoms with E-state index in [-0.39, 0.29) is 36.1 Å². The highest BCUT2D eigenvalue weighted by atomic mass is 19.3. The minimum absolute atomic E-state index is 0.00114. The number of carboxylic acids is 1. The topological polar surface area (TPSA) is 116 Å². The molecule has 14 heteroatoms. The lowest BCUT2D eigenvalue weighted by Crippen LogP contribution is -2.48. The number of hydrogen-bond acceptors (Lipinski definition) is 10. The largest absolute Gasteiger partial charge is 0.487 e.